The summed E-state index contributed by atoms with van der Waals surface area (Å²) in [6, 6.07) is 35.7. The second kappa shape index (κ2) is 9.20. The fraction of sp³-hybridized carbons (Fsp3) is 0.222. The predicted molar refractivity (Wildman–Crippen MR) is 168 cm³/mol. The van der Waals surface area contributed by atoms with Gasteiger partial charge in [-0.15, -0.1) is 0 Å². The van der Waals surface area contributed by atoms with Crippen LogP contribution in [0.4, 0.5) is 34.1 Å². The van der Waals surface area contributed by atoms with Crippen molar-refractivity contribution in [3.05, 3.63) is 114 Å². The standard InChI is InChI=1S/C36H33BN2O/c1-3-24(2)25-22-31-34-32(23-25)39(27-16-8-5-9-17-27)35-28-18-10-13-21-33(28)40-36(35)37(34)29-19-11-12-20-30(29)38(31)26-14-6-4-7-15-26/h4-9,11-12,14-17,19-20,22-24H,3,10,13,18,21H2,1-2H3. The molecule has 0 amide bonds. The van der Waals surface area contributed by atoms with Gasteiger partial charge in [0.15, 0.2) is 0 Å². The number of hydrogen-bond donors (Lipinski definition) is 0. The lowest BCUT2D eigenvalue weighted by molar-refractivity contribution is 0.497. The van der Waals surface area contributed by atoms with E-state index in [-0.39, 0.29) is 6.71 Å². The van der Waals surface area contributed by atoms with Gasteiger partial charge >= 0.3 is 0 Å². The van der Waals surface area contributed by atoms with E-state index in [9.17, 15) is 0 Å². The zero-order valence-electron chi connectivity index (χ0n) is 23.2. The van der Waals surface area contributed by atoms with Gasteiger partial charge in [-0.25, -0.2) is 0 Å². The third kappa shape index (κ3) is 3.38. The van der Waals surface area contributed by atoms with E-state index in [1.165, 1.54) is 74.8 Å². The Balaban J connectivity index is 1.51. The molecule has 40 heavy (non-hydrogen) atoms. The molecule has 0 saturated carbocycles. The van der Waals surface area contributed by atoms with Gasteiger partial charge in [-0.2, -0.15) is 0 Å². The molecular formula is C36H33BN2O. The molecule has 3 heterocycles. The van der Waals surface area contributed by atoms with Crippen LogP contribution in [0.1, 0.15) is 55.9 Å². The van der Waals surface area contributed by atoms with Gasteiger partial charge in [0.25, 0.3) is 6.71 Å². The van der Waals surface area contributed by atoms with E-state index < -0.39 is 0 Å². The summed E-state index contributed by atoms with van der Waals surface area (Å²) < 4.78 is 6.97. The maximum atomic E-state index is 6.97. The number of para-hydroxylation sites is 3. The van der Waals surface area contributed by atoms with Gasteiger partial charge in [0.2, 0.25) is 0 Å². The Kier molecular flexibility index (Phi) is 5.45. The molecular weight excluding hydrogens is 487 g/mol. The van der Waals surface area contributed by atoms with Crippen LogP contribution in [0.2, 0.25) is 0 Å². The van der Waals surface area contributed by atoms with Crippen molar-refractivity contribution in [1.82, 2.24) is 0 Å². The number of furan rings is 1. The maximum Gasteiger partial charge on any atom is 0.297 e. The van der Waals surface area contributed by atoms with Crippen molar-refractivity contribution in [3.8, 4) is 0 Å². The second-order valence-electron chi connectivity index (χ2n) is 11.5. The number of fused-ring (bicyclic) bond motifs is 6. The van der Waals surface area contributed by atoms with Crippen LogP contribution >= 0.6 is 0 Å². The first-order chi connectivity index (χ1) is 19.7. The van der Waals surface area contributed by atoms with Crippen molar-refractivity contribution in [2.75, 3.05) is 9.80 Å². The van der Waals surface area contributed by atoms with E-state index in [4.69, 9.17) is 4.42 Å². The molecule has 196 valence electrons. The lowest BCUT2D eigenvalue weighted by Gasteiger charge is -2.43. The molecule has 3 aliphatic rings. The highest BCUT2D eigenvalue weighted by molar-refractivity contribution is 6.99. The first-order valence-electron chi connectivity index (χ1n) is 14.9. The first-order valence-corrected chi connectivity index (χ1v) is 14.9. The van der Waals surface area contributed by atoms with Gasteiger partial charge in [0, 0.05) is 40.4 Å². The molecule has 4 heteroatoms. The van der Waals surface area contributed by atoms with Crippen LogP contribution in [0, 0.1) is 0 Å². The summed E-state index contributed by atoms with van der Waals surface area (Å²) in [6.07, 6.45) is 5.62. The van der Waals surface area contributed by atoms with Crippen LogP contribution < -0.4 is 26.4 Å². The Morgan fingerprint density at radius 1 is 0.750 bits per heavy atom. The maximum absolute atomic E-state index is 6.97. The molecule has 4 aromatic carbocycles. The van der Waals surface area contributed by atoms with E-state index in [0.29, 0.717) is 5.92 Å². The number of benzene rings is 4. The Labute approximate surface area is 237 Å². The van der Waals surface area contributed by atoms with Crippen LogP contribution in [0.3, 0.4) is 0 Å². The molecule has 0 radical (unpaired) electrons. The normalized spacial score (nSPS) is 15.7. The van der Waals surface area contributed by atoms with E-state index >= 15 is 0 Å². The van der Waals surface area contributed by atoms with Crippen LogP contribution in [0.25, 0.3) is 0 Å². The molecule has 3 nitrogen and oxygen atoms in total. The van der Waals surface area contributed by atoms with Crippen molar-refractivity contribution in [1.29, 1.82) is 0 Å². The molecule has 2 aliphatic heterocycles. The van der Waals surface area contributed by atoms with Crippen LogP contribution in [-0.2, 0) is 12.8 Å². The Morgan fingerprint density at radius 2 is 1.38 bits per heavy atom. The van der Waals surface area contributed by atoms with Crippen LogP contribution in [-0.4, -0.2) is 6.71 Å². The number of rotatable bonds is 4. The number of nitrogens with zero attached hydrogens (tertiary/aromatic N) is 2. The second-order valence-corrected chi connectivity index (χ2v) is 11.5. The average Bonchev–Trinajstić information content (AvgIpc) is 3.40. The minimum atomic E-state index is 0.0627. The quantitative estimate of drug-likeness (QED) is 0.221. The monoisotopic (exact) mass is 520 g/mol. The molecule has 1 atom stereocenters. The summed E-state index contributed by atoms with van der Waals surface area (Å²) in [5.41, 5.74) is 14.0. The van der Waals surface area contributed by atoms with Crippen molar-refractivity contribution in [2.24, 2.45) is 0 Å². The van der Waals surface area contributed by atoms with Gasteiger partial charge in [-0.3, -0.25) is 0 Å². The van der Waals surface area contributed by atoms with Gasteiger partial charge < -0.3 is 14.2 Å². The molecule has 5 aromatic rings. The zero-order chi connectivity index (χ0) is 26.8. The highest BCUT2D eigenvalue weighted by Crippen LogP contribution is 2.48. The molecule has 1 unspecified atom stereocenters. The van der Waals surface area contributed by atoms with Crippen molar-refractivity contribution in [2.45, 2.75) is 51.9 Å². The Morgan fingerprint density at radius 3 is 2.10 bits per heavy atom. The molecule has 0 saturated heterocycles. The zero-order valence-corrected chi connectivity index (χ0v) is 23.2. The average molecular weight is 520 g/mol. The summed E-state index contributed by atoms with van der Waals surface area (Å²) in [5, 5.41) is 0. The predicted octanol–water partition coefficient (Wildman–Crippen LogP) is 7.75. The lowest BCUT2D eigenvalue weighted by atomic mass is 9.35. The molecule has 1 aromatic heterocycles. The van der Waals surface area contributed by atoms with Gasteiger partial charge in [-0.05, 0) is 90.6 Å². The molecule has 0 N–H and O–H groups in total. The third-order valence-electron chi connectivity index (χ3n) is 9.28. The summed E-state index contributed by atoms with van der Waals surface area (Å²) in [4.78, 5) is 5.01. The molecule has 0 spiro atoms. The number of anilines is 6. The smallest absolute Gasteiger partial charge is 0.297 e. The lowest BCUT2D eigenvalue weighted by Crippen LogP contribution is -2.61. The van der Waals surface area contributed by atoms with Crippen molar-refractivity contribution < 1.29 is 4.42 Å². The SMILES string of the molecule is CCC(C)c1cc2c3c(c1)N(c1ccccc1)c1c(oc4c1CCCC4)B3c1ccccc1N2c1ccccc1. The highest BCUT2D eigenvalue weighted by atomic mass is 16.3. The largest absolute Gasteiger partial charge is 0.473 e. The molecule has 1 aliphatic carbocycles. The van der Waals surface area contributed by atoms with Crippen molar-refractivity contribution >= 4 is 57.4 Å². The summed E-state index contributed by atoms with van der Waals surface area (Å²) in [5.74, 6) is 1.64. The number of aryl methyl sites for hydroxylation is 1. The summed E-state index contributed by atoms with van der Waals surface area (Å²) >= 11 is 0. The van der Waals surface area contributed by atoms with Gasteiger partial charge in [0.05, 0.1) is 11.3 Å². The molecule has 0 fully saturated rings. The fourth-order valence-corrected chi connectivity index (χ4v) is 7.16. The summed E-state index contributed by atoms with van der Waals surface area (Å²) in [6.45, 7) is 4.71. The fourth-order valence-electron chi connectivity index (χ4n) is 7.16. The van der Waals surface area contributed by atoms with Crippen LogP contribution in [0.5, 0.6) is 0 Å². The Bertz CT molecular complexity index is 1730. The molecule has 8 rings (SSSR count). The minimum absolute atomic E-state index is 0.0627. The van der Waals surface area contributed by atoms with E-state index in [1.54, 1.807) is 0 Å². The highest BCUT2D eigenvalue weighted by Gasteiger charge is 2.47. The minimum Gasteiger partial charge on any atom is -0.473 e. The van der Waals surface area contributed by atoms with Gasteiger partial charge in [0.1, 0.15) is 5.76 Å². The van der Waals surface area contributed by atoms with E-state index in [2.05, 4.69) is 121 Å². The first kappa shape index (κ1) is 23.7. The summed E-state index contributed by atoms with van der Waals surface area (Å²) in [7, 11) is 0. The molecule has 0 bridgehead atoms. The van der Waals surface area contributed by atoms with Crippen molar-refractivity contribution in [3.63, 3.8) is 0 Å². The Hall–Kier alpha value is -4.18. The topological polar surface area (TPSA) is 19.6 Å². The van der Waals surface area contributed by atoms with E-state index in [0.717, 1.165) is 24.9 Å². The number of hydrogen-bond acceptors (Lipinski definition) is 3. The third-order valence-corrected chi connectivity index (χ3v) is 9.28. The van der Waals surface area contributed by atoms with Gasteiger partial charge in [-0.1, -0.05) is 68.4 Å². The van der Waals surface area contributed by atoms with E-state index in [1.807, 2.05) is 0 Å². The van der Waals surface area contributed by atoms with Crippen LogP contribution in [0.15, 0.2) is 101 Å².